The predicted molar refractivity (Wildman–Crippen MR) is 73.8 cm³/mol. The van der Waals surface area contributed by atoms with E-state index >= 15 is 0 Å². The quantitative estimate of drug-likeness (QED) is 0.856. The minimum atomic E-state index is -3.60. The molecule has 19 heavy (non-hydrogen) atoms. The van der Waals surface area contributed by atoms with Crippen molar-refractivity contribution in [3.8, 4) is 0 Å². The standard InChI is InChI=1S/C12H17ClN2O3S/c1-14-7-9-2-3-11(13)12(6-9)19(16,17)15-10-4-5-18-8-10/h2-3,6,10,14-15H,4-5,7-8H2,1H3. The topological polar surface area (TPSA) is 67.4 Å². The average molecular weight is 305 g/mol. The van der Waals surface area contributed by atoms with Gasteiger partial charge in [0.25, 0.3) is 0 Å². The molecule has 0 amide bonds. The van der Waals surface area contributed by atoms with Crippen LogP contribution in [0.25, 0.3) is 0 Å². The van der Waals surface area contributed by atoms with E-state index in [0.29, 0.717) is 26.2 Å². The maximum Gasteiger partial charge on any atom is 0.242 e. The fraction of sp³-hybridized carbons (Fsp3) is 0.500. The molecule has 0 radical (unpaired) electrons. The zero-order valence-corrected chi connectivity index (χ0v) is 12.2. The first-order chi connectivity index (χ1) is 9.03. The van der Waals surface area contributed by atoms with Gasteiger partial charge >= 0.3 is 0 Å². The zero-order chi connectivity index (χ0) is 13.9. The van der Waals surface area contributed by atoms with Crippen LogP contribution in [0.3, 0.4) is 0 Å². The van der Waals surface area contributed by atoms with Gasteiger partial charge in [-0.3, -0.25) is 0 Å². The molecule has 1 aliphatic heterocycles. The normalized spacial score (nSPS) is 19.8. The number of halogens is 1. The van der Waals surface area contributed by atoms with Gasteiger partial charge in [0.05, 0.1) is 11.6 Å². The van der Waals surface area contributed by atoms with E-state index in [1.165, 1.54) is 0 Å². The minimum Gasteiger partial charge on any atom is -0.380 e. The lowest BCUT2D eigenvalue weighted by Gasteiger charge is -2.13. The summed E-state index contributed by atoms with van der Waals surface area (Å²) in [5.74, 6) is 0. The highest BCUT2D eigenvalue weighted by Crippen LogP contribution is 2.23. The summed E-state index contributed by atoms with van der Waals surface area (Å²) in [6, 6.07) is 4.83. The van der Waals surface area contributed by atoms with Crippen LogP contribution in [0, 0.1) is 0 Å². The summed E-state index contributed by atoms with van der Waals surface area (Å²) in [7, 11) is -1.80. The number of benzene rings is 1. The molecule has 1 unspecified atom stereocenters. The maximum atomic E-state index is 12.3. The molecule has 7 heteroatoms. The van der Waals surface area contributed by atoms with Crippen LogP contribution in [-0.4, -0.2) is 34.7 Å². The molecular formula is C12H17ClN2O3S. The van der Waals surface area contributed by atoms with Gasteiger partial charge in [0.2, 0.25) is 10.0 Å². The van der Waals surface area contributed by atoms with Gasteiger partial charge in [-0.25, -0.2) is 13.1 Å². The van der Waals surface area contributed by atoms with E-state index in [9.17, 15) is 8.42 Å². The van der Waals surface area contributed by atoms with E-state index in [-0.39, 0.29) is 16.0 Å². The first-order valence-corrected chi connectivity index (χ1v) is 7.92. The molecule has 1 heterocycles. The Balaban J connectivity index is 2.25. The summed E-state index contributed by atoms with van der Waals surface area (Å²) in [5.41, 5.74) is 0.870. The van der Waals surface area contributed by atoms with Gasteiger partial charge < -0.3 is 10.1 Å². The van der Waals surface area contributed by atoms with E-state index in [0.717, 1.165) is 5.56 Å². The lowest BCUT2D eigenvalue weighted by molar-refractivity contribution is 0.192. The predicted octanol–water partition coefficient (Wildman–Crippen LogP) is 1.13. The van der Waals surface area contributed by atoms with Crippen molar-refractivity contribution in [2.24, 2.45) is 0 Å². The highest BCUT2D eigenvalue weighted by molar-refractivity contribution is 7.89. The summed E-state index contributed by atoms with van der Waals surface area (Å²) in [6.45, 7) is 1.58. The van der Waals surface area contributed by atoms with Crippen molar-refractivity contribution in [1.29, 1.82) is 0 Å². The molecule has 0 bridgehead atoms. The number of sulfonamides is 1. The van der Waals surface area contributed by atoms with Gasteiger partial charge in [-0.2, -0.15) is 0 Å². The maximum absolute atomic E-state index is 12.3. The van der Waals surface area contributed by atoms with Crippen molar-refractivity contribution < 1.29 is 13.2 Å². The first kappa shape index (κ1) is 14.7. The van der Waals surface area contributed by atoms with E-state index in [1.807, 2.05) is 0 Å². The molecule has 0 spiro atoms. The lowest BCUT2D eigenvalue weighted by Crippen LogP contribution is -2.35. The van der Waals surface area contributed by atoms with Gasteiger partial charge in [-0.1, -0.05) is 17.7 Å². The SMILES string of the molecule is CNCc1ccc(Cl)c(S(=O)(=O)NC2CCOC2)c1. The van der Waals surface area contributed by atoms with Crippen molar-refractivity contribution in [2.75, 3.05) is 20.3 Å². The number of rotatable bonds is 5. The summed E-state index contributed by atoms with van der Waals surface area (Å²) < 4.78 is 32.4. The summed E-state index contributed by atoms with van der Waals surface area (Å²) in [5, 5.41) is 3.20. The Morgan fingerprint density at radius 3 is 2.89 bits per heavy atom. The third kappa shape index (κ3) is 3.67. The molecule has 1 saturated heterocycles. The molecule has 1 fully saturated rings. The molecule has 0 aromatic heterocycles. The van der Waals surface area contributed by atoms with E-state index < -0.39 is 10.0 Å². The Bertz CT molecular complexity index is 542. The average Bonchev–Trinajstić information content (AvgIpc) is 2.84. The molecule has 1 aliphatic rings. The molecule has 5 nitrogen and oxygen atoms in total. The summed E-state index contributed by atoms with van der Waals surface area (Å²) >= 11 is 6.00. The van der Waals surface area contributed by atoms with Crippen molar-refractivity contribution in [3.63, 3.8) is 0 Å². The molecular weight excluding hydrogens is 288 g/mol. The summed E-state index contributed by atoms with van der Waals surface area (Å²) in [6.07, 6.45) is 0.688. The van der Waals surface area contributed by atoms with Gasteiger partial charge in [0.15, 0.2) is 0 Å². The van der Waals surface area contributed by atoms with Crippen LogP contribution in [0.1, 0.15) is 12.0 Å². The van der Waals surface area contributed by atoms with Crippen LogP contribution in [0.4, 0.5) is 0 Å². The van der Waals surface area contributed by atoms with Crippen LogP contribution < -0.4 is 10.0 Å². The highest BCUT2D eigenvalue weighted by atomic mass is 35.5. The van der Waals surface area contributed by atoms with Gasteiger partial charge in [-0.15, -0.1) is 0 Å². The van der Waals surface area contributed by atoms with Gasteiger partial charge in [0, 0.05) is 19.2 Å². The van der Waals surface area contributed by atoms with Gasteiger partial charge in [0.1, 0.15) is 4.90 Å². The lowest BCUT2D eigenvalue weighted by atomic mass is 10.2. The molecule has 0 aliphatic carbocycles. The molecule has 106 valence electrons. The Labute approximate surface area is 118 Å². The smallest absolute Gasteiger partial charge is 0.242 e. The Hall–Kier alpha value is -0.660. The van der Waals surface area contributed by atoms with Crippen LogP contribution in [0.15, 0.2) is 23.1 Å². The Morgan fingerprint density at radius 2 is 2.26 bits per heavy atom. The molecule has 1 atom stereocenters. The fourth-order valence-corrected chi connectivity index (χ4v) is 3.78. The second-order valence-corrected chi connectivity index (χ2v) is 6.57. The highest BCUT2D eigenvalue weighted by Gasteiger charge is 2.25. The molecule has 1 aromatic carbocycles. The number of hydrogen-bond acceptors (Lipinski definition) is 4. The number of ether oxygens (including phenoxy) is 1. The van der Waals surface area contributed by atoms with E-state index in [1.54, 1.807) is 25.2 Å². The third-order valence-corrected chi connectivity index (χ3v) is 4.92. The first-order valence-electron chi connectivity index (χ1n) is 6.06. The van der Waals surface area contributed by atoms with Crippen LogP contribution >= 0.6 is 11.6 Å². The van der Waals surface area contributed by atoms with Crippen molar-refractivity contribution in [2.45, 2.75) is 23.9 Å². The fourth-order valence-electron chi connectivity index (χ4n) is 1.98. The van der Waals surface area contributed by atoms with Crippen LogP contribution in [-0.2, 0) is 21.3 Å². The van der Waals surface area contributed by atoms with Gasteiger partial charge in [-0.05, 0) is 31.2 Å². The Kier molecular flexibility index (Phi) is 4.81. The van der Waals surface area contributed by atoms with Crippen molar-refractivity contribution >= 4 is 21.6 Å². The molecule has 2 N–H and O–H groups in total. The van der Waals surface area contributed by atoms with Crippen LogP contribution in [0.2, 0.25) is 5.02 Å². The second-order valence-electron chi connectivity index (χ2n) is 4.48. The molecule has 0 saturated carbocycles. The van der Waals surface area contributed by atoms with E-state index in [4.69, 9.17) is 16.3 Å². The van der Waals surface area contributed by atoms with Crippen LogP contribution in [0.5, 0.6) is 0 Å². The van der Waals surface area contributed by atoms with Crippen molar-refractivity contribution in [1.82, 2.24) is 10.0 Å². The minimum absolute atomic E-state index is 0.119. The van der Waals surface area contributed by atoms with E-state index in [2.05, 4.69) is 10.0 Å². The third-order valence-electron chi connectivity index (χ3n) is 2.92. The number of nitrogens with one attached hydrogen (secondary N) is 2. The number of hydrogen-bond donors (Lipinski definition) is 2. The zero-order valence-electron chi connectivity index (χ0n) is 10.6. The molecule has 1 aromatic rings. The summed E-state index contributed by atoms with van der Waals surface area (Å²) in [4.78, 5) is 0.119. The monoisotopic (exact) mass is 304 g/mol. The second kappa shape index (κ2) is 6.19. The molecule has 2 rings (SSSR count). The largest absolute Gasteiger partial charge is 0.380 e. The Morgan fingerprint density at radius 1 is 1.47 bits per heavy atom. The van der Waals surface area contributed by atoms with Crippen molar-refractivity contribution in [3.05, 3.63) is 28.8 Å².